The van der Waals surface area contributed by atoms with E-state index in [1.165, 1.54) is 18.2 Å². The van der Waals surface area contributed by atoms with Gasteiger partial charge in [0.05, 0.1) is 22.6 Å². The highest BCUT2D eigenvalue weighted by Gasteiger charge is 2.33. The lowest BCUT2D eigenvalue weighted by molar-refractivity contribution is -0.384. The van der Waals surface area contributed by atoms with Crippen LogP contribution in [0.3, 0.4) is 0 Å². The minimum atomic E-state index is -0.489. The first-order chi connectivity index (χ1) is 16.6. The number of ether oxygens (including phenoxy) is 1. The van der Waals surface area contributed by atoms with Gasteiger partial charge in [-0.15, -0.1) is 0 Å². The third kappa shape index (κ3) is 6.30. The zero-order valence-corrected chi connectivity index (χ0v) is 20.6. The summed E-state index contributed by atoms with van der Waals surface area (Å²) in [5, 5.41) is 17.2. The molecule has 2 aromatic carbocycles. The Balaban J connectivity index is 1.73. The number of non-ortho nitro benzene ring substituents is 1. The van der Waals surface area contributed by atoms with E-state index in [2.05, 4.69) is 10.6 Å². The summed E-state index contributed by atoms with van der Waals surface area (Å²) in [5.41, 5.74) is 3.17. The molecule has 1 heterocycles. The summed E-state index contributed by atoms with van der Waals surface area (Å²) < 4.78 is 5.45. The predicted octanol–water partition coefficient (Wildman–Crippen LogP) is 4.33. The first-order valence-corrected chi connectivity index (χ1v) is 11.3. The summed E-state index contributed by atoms with van der Waals surface area (Å²) in [6.07, 6.45) is 2.65. The lowest BCUT2D eigenvalue weighted by atomic mass is 9.95. The quantitative estimate of drug-likeness (QED) is 0.192. The number of hydrogen-bond acceptors (Lipinski definition) is 6. The van der Waals surface area contributed by atoms with Crippen molar-refractivity contribution in [1.82, 2.24) is 10.2 Å². The molecule has 9 nitrogen and oxygen atoms in total. The van der Waals surface area contributed by atoms with E-state index < -0.39 is 16.9 Å². The number of amides is 1. The number of allylic oxidation sites excluding steroid dienone is 1. The van der Waals surface area contributed by atoms with Gasteiger partial charge in [-0.05, 0) is 74.5 Å². The molecule has 0 aliphatic carbocycles. The molecule has 0 spiro atoms. The first kappa shape index (κ1) is 25.6. The second-order valence-corrected chi connectivity index (χ2v) is 8.57. The molecule has 2 N–H and O–H groups in total. The summed E-state index contributed by atoms with van der Waals surface area (Å²) in [7, 11) is 1.78. The minimum absolute atomic E-state index is 0.0165. The molecule has 3 rings (SSSR count). The highest BCUT2D eigenvalue weighted by Crippen LogP contribution is 2.31. The Labute approximate surface area is 208 Å². The fourth-order valence-electron chi connectivity index (χ4n) is 3.45. The number of thiocarbonyl (C=S) groups is 1. The second kappa shape index (κ2) is 10.9. The fourth-order valence-corrected chi connectivity index (χ4v) is 3.70. The molecule has 1 amide bonds. The van der Waals surface area contributed by atoms with Gasteiger partial charge in [-0.25, -0.2) is 4.79 Å². The van der Waals surface area contributed by atoms with Crippen LogP contribution in [-0.4, -0.2) is 40.0 Å². The molecule has 1 aliphatic heterocycles. The van der Waals surface area contributed by atoms with Crippen LogP contribution < -0.4 is 10.6 Å². The summed E-state index contributed by atoms with van der Waals surface area (Å²) in [4.78, 5) is 37.1. The largest absolute Gasteiger partial charge is 0.459 e. The number of carbonyl (C=O) groups excluding carboxylic acids is 2. The number of carbonyl (C=O) groups is 2. The summed E-state index contributed by atoms with van der Waals surface area (Å²) in [6, 6.07) is 12.5. The molecule has 0 saturated heterocycles. The van der Waals surface area contributed by atoms with Crippen molar-refractivity contribution in [2.75, 3.05) is 12.4 Å². The van der Waals surface area contributed by atoms with Crippen molar-refractivity contribution in [3.8, 4) is 0 Å². The van der Waals surface area contributed by atoms with Crippen molar-refractivity contribution in [2.45, 2.75) is 32.9 Å². The van der Waals surface area contributed by atoms with E-state index in [1.54, 1.807) is 68.3 Å². The van der Waals surface area contributed by atoms with Gasteiger partial charge < -0.3 is 20.3 Å². The van der Waals surface area contributed by atoms with Crippen molar-refractivity contribution < 1.29 is 19.2 Å². The third-order valence-corrected chi connectivity index (χ3v) is 5.75. The Morgan fingerprint density at radius 1 is 1.17 bits per heavy atom. The molecule has 1 aliphatic rings. The molecule has 35 heavy (non-hydrogen) atoms. The van der Waals surface area contributed by atoms with Gasteiger partial charge in [-0.1, -0.05) is 12.1 Å². The zero-order chi connectivity index (χ0) is 25.7. The molecule has 10 heteroatoms. The van der Waals surface area contributed by atoms with Crippen LogP contribution in [0, 0.1) is 10.1 Å². The number of rotatable bonds is 7. The third-order valence-electron chi connectivity index (χ3n) is 5.36. The SMILES string of the molecule is CC1=C(C(=O)OC(C)C)C(c2ccc(NC(=O)C=Cc3ccc([N+](=O)[O-])cc3)cc2)NC(=S)N1C. The zero-order valence-electron chi connectivity index (χ0n) is 19.8. The highest BCUT2D eigenvalue weighted by atomic mass is 32.1. The number of esters is 1. The lowest BCUT2D eigenvalue weighted by Crippen LogP contribution is -2.46. The van der Waals surface area contributed by atoms with Gasteiger partial charge in [0.15, 0.2) is 5.11 Å². The van der Waals surface area contributed by atoms with Crippen molar-refractivity contribution in [3.05, 3.63) is 87.1 Å². The van der Waals surface area contributed by atoms with E-state index in [1.807, 2.05) is 6.92 Å². The maximum Gasteiger partial charge on any atom is 0.338 e. The molecule has 1 atom stereocenters. The molecule has 1 unspecified atom stereocenters. The molecule has 182 valence electrons. The van der Waals surface area contributed by atoms with E-state index in [0.29, 0.717) is 27.6 Å². The smallest absolute Gasteiger partial charge is 0.338 e. The van der Waals surface area contributed by atoms with Crippen LogP contribution in [0.1, 0.15) is 37.9 Å². The van der Waals surface area contributed by atoms with Crippen LogP contribution in [0.5, 0.6) is 0 Å². The Hall–Kier alpha value is -4.05. The maximum atomic E-state index is 12.8. The number of nitro benzene ring substituents is 1. The van der Waals surface area contributed by atoms with Crippen molar-refractivity contribution in [2.24, 2.45) is 0 Å². The van der Waals surface area contributed by atoms with Crippen LogP contribution >= 0.6 is 12.2 Å². The molecule has 0 bridgehead atoms. The molecule has 0 saturated carbocycles. The van der Waals surface area contributed by atoms with E-state index in [9.17, 15) is 19.7 Å². The number of nitro groups is 1. The molecule has 0 fully saturated rings. The molecule has 2 aromatic rings. The summed E-state index contributed by atoms with van der Waals surface area (Å²) in [6.45, 7) is 5.41. The standard InChI is InChI=1S/C25H26N4O5S/c1-15(2)34-24(31)22-16(3)28(4)25(35)27-23(22)18-8-10-19(11-9-18)26-21(30)14-7-17-5-12-20(13-6-17)29(32)33/h5-15,23H,1-4H3,(H,26,30)(H,27,35). The van der Waals surface area contributed by atoms with E-state index in [4.69, 9.17) is 17.0 Å². The van der Waals surface area contributed by atoms with Crippen LogP contribution in [-0.2, 0) is 14.3 Å². The minimum Gasteiger partial charge on any atom is -0.459 e. The van der Waals surface area contributed by atoms with E-state index in [0.717, 1.165) is 5.56 Å². The molecule has 0 radical (unpaired) electrons. The van der Waals surface area contributed by atoms with Gasteiger partial charge in [-0.3, -0.25) is 14.9 Å². The Kier molecular flexibility index (Phi) is 7.98. The average Bonchev–Trinajstić information content (AvgIpc) is 2.81. The number of nitrogens with zero attached hydrogens (tertiary/aromatic N) is 2. The summed E-state index contributed by atoms with van der Waals surface area (Å²) >= 11 is 5.41. The van der Waals surface area contributed by atoms with Gasteiger partial charge in [0, 0.05) is 36.6 Å². The number of nitrogens with one attached hydrogen (secondary N) is 2. The van der Waals surface area contributed by atoms with Crippen LogP contribution in [0.4, 0.5) is 11.4 Å². The van der Waals surface area contributed by atoms with E-state index in [-0.39, 0.29) is 17.7 Å². The molecule has 0 aromatic heterocycles. The van der Waals surface area contributed by atoms with Crippen molar-refractivity contribution in [3.63, 3.8) is 0 Å². The van der Waals surface area contributed by atoms with Gasteiger partial charge >= 0.3 is 5.97 Å². The Bertz CT molecular complexity index is 1200. The van der Waals surface area contributed by atoms with Crippen molar-refractivity contribution >= 4 is 46.7 Å². The molecular weight excluding hydrogens is 468 g/mol. The molecular formula is C25H26N4O5S. The first-order valence-electron chi connectivity index (χ1n) is 10.9. The average molecular weight is 495 g/mol. The normalized spacial score (nSPS) is 15.9. The monoisotopic (exact) mass is 494 g/mol. The Morgan fingerprint density at radius 2 is 1.80 bits per heavy atom. The predicted molar refractivity (Wildman–Crippen MR) is 137 cm³/mol. The van der Waals surface area contributed by atoms with Crippen LogP contribution in [0.15, 0.2) is 65.9 Å². The fraction of sp³-hybridized carbons (Fsp3) is 0.240. The maximum absolute atomic E-state index is 12.8. The number of hydrogen-bond donors (Lipinski definition) is 2. The summed E-state index contributed by atoms with van der Waals surface area (Å²) in [5.74, 6) is -0.773. The highest BCUT2D eigenvalue weighted by molar-refractivity contribution is 7.80. The van der Waals surface area contributed by atoms with E-state index >= 15 is 0 Å². The van der Waals surface area contributed by atoms with Crippen LogP contribution in [0.25, 0.3) is 6.08 Å². The topological polar surface area (TPSA) is 114 Å². The Morgan fingerprint density at radius 3 is 2.37 bits per heavy atom. The van der Waals surface area contributed by atoms with Gasteiger partial charge in [-0.2, -0.15) is 0 Å². The van der Waals surface area contributed by atoms with Gasteiger partial charge in [0.25, 0.3) is 5.69 Å². The van der Waals surface area contributed by atoms with Crippen LogP contribution in [0.2, 0.25) is 0 Å². The number of anilines is 1. The van der Waals surface area contributed by atoms with Gasteiger partial charge in [0.1, 0.15) is 0 Å². The van der Waals surface area contributed by atoms with Gasteiger partial charge in [0.2, 0.25) is 5.91 Å². The number of benzene rings is 2. The second-order valence-electron chi connectivity index (χ2n) is 8.19. The van der Waals surface area contributed by atoms with Crippen molar-refractivity contribution in [1.29, 1.82) is 0 Å². The lowest BCUT2D eigenvalue weighted by Gasteiger charge is -2.35.